The van der Waals surface area contributed by atoms with E-state index in [9.17, 15) is 14.0 Å². The van der Waals surface area contributed by atoms with Gasteiger partial charge in [-0.1, -0.05) is 43.3 Å². The van der Waals surface area contributed by atoms with Crippen molar-refractivity contribution in [1.82, 2.24) is 9.80 Å². The summed E-state index contributed by atoms with van der Waals surface area (Å²) < 4.78 is 13.4. The first-order valence-corrected chi connectivity index (χ1v) is 9.61. The molecule has 1 heterocycles. The zero-order chi connectivity index (χ0) is 20.1. The van der Waals surface area contributed by atoms with E-state index >= 15 is 0 Å². The van der Waals surface area contributed by atoms with Crippen molar-refractivity contribution in [2.75, 3.05) is 26.2 Å². The molecule has 1 aliphatic rings. The highest BCUT2D eigenvalue weighted by atomic mass is 19.1. The van der Waals surface area contributed by atoms with E-state index in [1.807, 2.05) is 37.3 Å². The van der Waals surface area contributed by atoms with Gasteiger partial charge in [0.2, 0.25) is 5.91 Å². The quantitative estimate of drug-likeness (QED) is 0.883. The van der Waals surface area contributed by atoms with Crippen molar-refractivity contribution in [3.63, 3.8) is 0 Å². The molecule has 0 spiro atoms. The van der Waals surface area contributed by atoms with Crippen LogP contribution in [0.3, 0.4) is 0 Å². The number of nitrogens with zero attached hydrogens (tertiary/aromatic N) is 2. The summed E-state index contributed by atoms with van der Waals surface area (Å²) in [6.45, 7) is 3.84. The minimum atomic E-state index is -0.429. The van der Waals surface area contributed by atoms with E-state index in [2.05, 4.69) is 0 Å². The van der Waals surface area contributed by atoms with Gasteiger partial charge < -0.3 is 15.5 Å². The van der Waals surface area contributed by atoms with E-state index in [1.165, 1.54) is 18.2 Å². The molecule has 3 rings (SSSR count). The maximum Gasteiger partial charge on any atom is 0.254 e. The number of hydrogen-bond acceptors (Lipinski definition) is 3. The van der Waals surface area contributed by atoms with Crippen LogP contribution in [-0.2, 0) is 4.79 Å². The van der Waals surface area contributed by atoms with Crippen LogP contribution in [0.15, 0.2) is 54.6 Å². The van der Waals surface area contributed by atoms with Gasteiger partial charge in [-0.2, -0.15) is 0 Å². The molecule has 5 nitrogen and oxygen atoms in total. The molecule has 28 heavy (non-hydrogen) atoms. The third-order valence-corrected chi connectivity index (χ3v) is 5.28. The largest absolute Gasteiger partial charge is 0.341 e. The molecule has 2 unspecified atom stereocenters. The van der Waals surface area contributed by atoms with Gasteiger partial charge in [-0.25, -0.2) is 4.39 Å². The molecule has 0 saturated carbocycles. The molecule has 1 fully saturated rings. The first kappa shape index (κ1) is 20.0. The van der Waals surface area contributed by atoms with Gasteiger partial charge in [0, 0.05) is 37.8 Å². The fourth-order valence-corrected chi connectivity index (χ4v) is 3.55. The van der Waals surface area contributed by atoms with Crippen LogP contribution in [0, 0.1) is 11.7 Å². The summed E-state index contributed by atoms with van der Waals surface area (Å²) in [5.74, 6) is -0.992. The van der Waals surface area contributed by atoms with Crippen LogP contribution in [0.5, 0.6) is 0 Å². The van der Waals surface area contributed by atoms with Crippen LogP contribution in [0.4, 0.5) is 4.39 Å². The second kappa shape index (κ2) is 8.97. The fraction of sp³-hybridized carbons (Fsp3) is 0.364. The number of halogens is 1. The lowest BCUT2D eigenvalue weighted by Crippen LogP contribution is -2.42. The lowest BCUT2D eigenvalue weighted by atomic mass is 9.94. The molecule has 148 valence electrons. The summed E-state index contributed by atoms with van der Waals surface area (Å²) >= 11 is 0. The maximum absolute atomic E-state index is 13.4. The lowest BCUT2D eigenvalue weighted by molar-refractivity contribution is -0.135. The van der Waals surface area contributed by atoms with Gasteiger partial charge in [-0.05, 0) is 30.2 Å². The summed E-state index contributed by atoms with van der Waals surface area (Å²) in [6, 6.07) is 14.9. The van der Waals surface area contributed by atoms with Crippen molar-refractivity contribution in [2.24, 2.45) is 11.7 Å². The molecule has 2 N–H and O–H groups in total. The van der Waals surface area contributed by atoms with Crippen LogP contribution in [0.25, 0.3) is 0 Å². The molecule has 1 aliphatic heterocycles. The molecule has 2 atom stereocenters. The molecule has 2 aromatic rings. The van der Waals surface area contributed by atoms with Crippen LogP contribution < -0.4 is 5.73 Å². The van der Waals surface area contributed by atoms with E-state index in [-0.39, 0.29) is 23.8 Å². The highest BCUT2D eigenvalue weighted by Gasteiger charge is 2.29. The van der Waals surface area contributed by atoms with E-state index in [4.69, 9.17) is 5.73 Å². The number of amides is 2. The third-order valence-electron chi connectivity index (χ3n) is 5.28. The Labute approximate surface area is 164 Å². The van der Waals surface area contributed by atoms with Crippen molar-refractivity contribution in [2.45, 2.75) is 19.4 Å². The molecule has 0 aromatic heterocycles. The van der Waals surface area contributed by atoms with Gasteiger partial charge in [0.05, 0.1) is 5.92 Å². The predicted octanol–water partition coefficient (Wildman–Crippen LogP) is 2.84. The minimum Gasteiger partial charge on any atom is -0.341 e. The second-order valence-electron chi connectivity index (χ2n) is 7.21. The smallest absolute Gasteiger partial charge is 0.254 e. The van der Waals surface area contributed by atoms with Gasteiger partial charge in [-0.15, -0.1) is 0 Å². The van der Waals surface area contributed by atoms with Crippen molar-refractivity contribution in [1.29, 1.82) is 0 Å². The van der Waals surface area contributed by atoms with Gasteiger partial charge in [0.1, 0.15) is 5.82 Å². The molecule has 0 radical (unpaired) electrons. The zero-order valence-corrected chi connectivity index (χ0v) is 16.1. The van der Waals surface area contributed by atoms with E-state index < -0.39 is 5.82 Å². The van der Waals surface area contributed by atoms with Gasteiger partial charge in [-0.3, -0.25) is 9.59 Å². The lowest BCUT2D eigenvalue weighted by Gasteiger charge is -2.27. The SMILES string of the molecule is CC(C(=O)N1CCCN(C(=O)c2cccc(F)c2)CC1)C(N)c1ccccc1. The summed E-state index contributed by atoms with van der Waals surface area (Å²) in [7, 11) is 0. The Hall–Kier alpha value is -2.73. The maximum atomic E-state index is 13.4. The van der Waals surface area contributed by atoms with Crippen molar-refractivity contribution in [3.8, 4) is 0 Å². The van der Waals surface area contributed by atoms with Crippen molar-refractivity contribution < 1.29 is 14.0 Å². The fourth-order valence-electron chi connectivity index (χ4n) is 3.55. The average Bonchev–Trinajstić information content (AvgIpc) is 2.98. The Morgan fingerprint density at radius 2 is 1.64 bits per heavy atom. The molecule has 0 aliphatic carbocycles. The number of nitrogens with two attached hydrogens (primary N) is 1. The van der Waals surface area contributed by atoms with Crippen LogP contribution >= 0.6 is 0 Å². The van der Waals surface area contributed by atoms with Gasteiger partial charge in [0.25, 0.3) is 5.91 Å². The molecule has 2 amide bonds. The summed E-state index contributed by atoms with van der Waals surface area (Å²) in [5.41, 5.74) is 7.57. The van der Waals surface area contributed by atoms with Crippen LogP contribution in [0.1, 0.15) is 35.3 Å². The van der Waals surface area contributed by atoms with E-state index in [0.29, 0.717) is 38.2 Å². The van der Waals surface area contributed by atoms with Crippen LogP contribution in [-0.4, -0.2) is 47.8 Å². The average molecular weight is 383 g/mol. The highest BCUT2D eigenvalue weighted by molar-refractivity contribution is 5.94. The Morgan fingerprint density at radius 1 is 0.964 bits per heavy atom. The zero-order valence-electron chi connectivity index (χ0n) is 16.1. The Balaban J connectivity index is 1.63. The predicted molar refractivity (Wildman–Crippen MR) is 106 cm³/mol. The number of carbonyl (C=O) groups excluding carboxylic acids is 2. The third kappa shape index (κ3) is 4.57. The Morgan fingerprint density at radius 3 is 2.36 bits per heavy atom. The molecular weight excluding hydrogens is 357 g/mol. The minimum absolute atomic E-state index is 0.00333. The molecule has 2 aromatic carbocycles. The number of rotatable bonds is 4. The van der Waals surface area contributed by atoms with E-state index in [0.717, 1.165) is 5.56 Å². The standard InChI is InChI=1S/C22H26FN3O2/c1-16(20(24)17-7-3-2-4-8-17)21(27)25-11-6-12-26(14-13-25)22(28)18-9-5-10-19(23)15-18/h2-5,7-10,15-16,20H,6,11-14,24H2,1H3. The Bertz CT molecular complexity index is 828. The molecular formula is C22H26FN3O2. The number of hydrogen-bond donors (Lipinski definition) is 1. The molecule has 6 heteroatoms. The number of benzene rings is 2. The number of carbonyl (C=O) groups is 2. The highest BCUT2D eigenvalue weighted by Crippen LogP contribution is 2.22. The topological polar surface area (TPSA) is 66.6 Å². The van der Waals surface area contributed by atoms with Crippen molar-refractivity contribution in [3.05, 3.63) is 71.5 Å². The van der Waals surface area contributed by atoms with E-state index in [1.54, 1.807) is 15.9 Å². The Kier molecular flexibility index (Phi) is 6.41. The van der Waals surface area contributed by atoms with Gasteiger partial charge >= 0.3 is 0 Å². The van der Waals surface area contributed by atoms with Crippen LogP contribution in [0.2, 0.25) is 0 Å². The van der Waals surface area contributed by atoms with Gasteiger partial charge in [0.15, 0.2) is 0 Å². The molecule has 1 saturated heterocycles. The second-order valence-corrected chi connectivity index (χ2v) is 7.21. The van der Waals surface area contributed by atoms with Crippen molar-refractivity contribution >= 4 is 11.8 Å². The first-order valence-electron chi connectivity index (χ1n) is 9.61. The normalized spacial score (nSPS) is 17.0. The summed E-state index contributed by atoms with van der Waals surface area (Å²) in [4.78, 5) is 29.1. The summed E-state index contributed by atoms with van der Waals surface area (Å²) in [5, 5.41) is 0. The molecule has 0 bridgehead atoms. The monoisotopic (exact) mass is 383 g/mol. The summed E-state index contributed by atoms with van der Waals surface area (Å²) in [6.07, 6.45) is 0.681. The first-order chi connectivity index (χ1) is 13.5.